The highest BCUT2D eigenvalue weighted by Gasteiger charge is 2.21. The molecular weight excluding hydrogens is 303 g/mol. The minimum absolute atomic E-state index is 0.213. The largest absolute Gasteiger partial charge is 0.379 e. The van der Waals surface area contributed by atoms with E-state index < -0.39 is 15.9 Å². The molecule has 0 spiro atoms. The van der Waals surface area contributed by atoms with Gasteiger partial charge in [0.15, 0.2) is 0 Å². The van der Waals surface area contributed by atoms with Gasteiger partial charge in [0, 0.05) is 0 Å². The molecule has 0 bridgehead atoms. The maximum Gasteiger partial charge on any atom is 0.340 e. The molecule has 106 valence electrons. The molecule has 2 aromatic carbocycles. The van der Waals surface area contributed by atoms with Crippen molar-refractivity contribution in [2.24, 2.45) is 0 Å². The molecule has 0 unspecified atom stereocenters. The highest BCUT2D eigenvalue weighted by molar-refractivity contribution is 7.87. The minimum Gasteiger partial charge on any atom is -0.379 e. The predicted octanol–water partition coefficient (Wildman–Crippen LogP) is 3.86. The van der Waals surface area contributed by atoms with Gasteiger partial charge in [-0.25, -0.2) is 4.39 Å². The van der Waals surface area contributed by atoms with Crippen molar-refractivity contribution < 1.29 is 17.0 Å². The molecule has 2 rings (SSSR count). The first kappa shape index (κ1) is 14.8. The summed E-state index contributed by atoms with van der Waals surface area (Å²) in [4.78, 5) is -0.263. The van der Waals surface area contributed by atoms with Gasteiger partial charge in [-0.05, 0) is 49.2 Å². The maximum absolute atomic E-state index is 13.0. The molecule has 0 heterocycles. The Bertz CT molecular complexity index is 757. The fourth-order valence-electron chi connectivity index (χ4n) is 1.66. The standard InChI is InChI=1S/C14H12ClFO3S/c1-9-4-3-5-13(10(9)2)19-20(17,18)14-7-6-11(16)8-12(14)15/h3-8H,1-2H3. The smallest absolute Gasteiger partial charge is 0.340 e. The molecule has 0 aromatic heterocycles. The van der Waals surface area contributed by atoms with Crippen molar-refractivity contribution in [1.29, 1.82) is 0 Å². The fourth-order valence-corrected chi connectivity index (χ4v) is 3.15. The van der Waals surface area contributed by atoms with E-state index in [0.29, 0.717) is 5.56 Å². The third-order valence-electron chi connectivity index (χ3n) is 2.92. The molecule has 0 amide bonds. The van der Waals surface area contributed by atoms with Crippen LogP contribution in [0.25, 0.3) is 0 Å². The first-order valence-corrected chi connectivity index (χ1v) is 7.55. The van der Waals surface area contributed by atoms with Crippen LogP contribution in [0.3, 0.4) is 0 Å². The Morgan fingerprint density at radius 3 is 2.50 bits per heavy atom. The van der Waals surface area contributed by atoms with Gasteiger partial charge in [-0.3, -0.25) is 0 Å². The molecule has 0 aliphatic rings. The van der Waals surface area contributed by atoms with E-state index in [4.69, 9.17) is 15.8 Å². The van der Waals surface area contributed by atoms with Crippen molar-refractivity contribution >= 4 is 21.7 Å². The maximum atomic E-state index is 13.0. The van der Waals surface area contributed by atoms with Crippen molar-refractivity contribution in [3.05, 3.63) is 58.4 Å². The monoisotopic (exact) mass is 314 g/mol. The van der Waals surface area contributed by atoms with E-state index in [9.17, 15) is 12.8 Å². The van der Waals surface area contributed by atoms with Crippen LogP contribution in [0.5, 0.6) is 5.75 Å². The second-order valence-electron chi connectivity index (χ2n) is 4.31. The first-order valence-electron chi connectivity index (χ1n) is 5.77. The summed E-state index contributed by atoms with van der Waals surface area (Å²) >= 11 is 5.75. The number of benzene rings is 2. The third-order valence-corrected chi connectivity index (χ3v) is 4.64. The van der Waals surface area contributed by atoms with Crippen LogP contribution >= 0.6 is 11.6 Å². The van der Waals surface area contributed by atoms with Gasteiger partial charge in [-0.2, -0.15) is 8.42 Å². The fraction of sp³-hybridized carbons (Fsp3) is 0.143. The zero-order chi connectivity index (χ0) is 14.9. The summed E-state index contributed by atoms with van der Waals surface area (Å²) in [6.45, 7) is 3.60. The lowest BCUT2D eigenvalue weighted by molar-refractivity contribution is 0.484. The average molecular weight is 315 g/mol. The van der Waals surface area contributed by atoms with Gasteiger partial charge in [0.2, 0.25) is 0 Å². The molecule has 0 aliphatic carbocycles. The molecule has 0 saturated heterocycles. The quantitative estimate of drug-likeness (QED) is 0.808. The van der Waals surface area contributed by atoms with E-state index in [0.717, 1.165) is 23.8 Å². The molecule has 0 N–H and O–H groups in total. The van der Waals surface area contributed by atoms with Crippen LogP contribution in [0, 0.1) is 19.7 Å². The predicted molar refractivity (Wildman–Crippen MR) is 75.1 cm³/mol. The lowest BCUT2D eigenvalue weighted by Gasteiger charge is -2.11. The van der Waals surface area contributed by atoms with Crippen LogP contribution in [0.15, 0.2) is 41.3 Å². The molecule has 0 aliphatic heterocycles. The molecule has 3 nitrogen and oxygen atoms in total. The molecule has 6 heteroatoms. The Kier molecular flexibility index (Phi) is 4.01. The van der Waals surface area contributed by atoms with E-state index in [1.165, 1.54) is 0 Å². The van der Waals surface area contributed by atoms with E-state index >= 15 is 0 Å². The molecule has 2 aromatic rings. The summed E-state index contributed by atoms with van der Waals surface area (Å²) in [6, 6.07) is 8.13. The van der Waals surface area contributed by atoms with Crippen LogP contribution < -0.4 is 4.18 Å². The Hall–Kier alpha value is -1.59. The highest BCUT2D eigenvalue weighted by atomic mass is 35.5. The van der Waals surface area contributed by atoms with Crippen molar-refractivity contribution in [2.75, 3.05) is 0 Å². The number of halogens is 2. The van der Waals surface area contributed by atoms with Gasteiger partial charge in [0.25, 0.3) is 0 Å². The Morgan fingerprint density at radius 1 is 1.15 bits per heavy atom. The molecule has 20 heavy (non-hydrogen) atoms. The lowest BCUT2D eigenvalue weighted by atomic mass is 10.1. The van der Waals surface area contributed by atoms with E-state index in [2.05, 4.69) is 0 Å². The van der Waals surface area contributed by atoms with Crippen molar-refractivity contribution in [1.82, 2.24) is 0 Å². The van der Waals surface area contributed by atoms with Crippen LogP contribution in [-0.2, 0) is 10.1 Å². The Balaban J connectivity index is 2.44. The normalized spacial score (nSPS) is 11.4. The van der Waals surface area contributed by atoms with E-state index in [1.807, 2.05) is 13.0 Å². The minimum atomic E-state index is -4.10. The number of hydrogen-bond acceptors (Lipinski definition) is 3. The van der Waals surface area contributed by atoms with Crippen molar-refractivity contribution in [3.8, 4) is 5.75 Å². The van der Waals surface area contributed by atoms with Crippen LogP contribution in [0.2, 0.25) is 5.02 Å². The molecule has 0 fully saturated rings. The zero-order valence-corrected chi connectivity index (χ0v) is 12.4. The molecule has 0 radical (unpaired) electrons. The van der Waals surface area contributed by atoms with Gasteiger partial charge in [0.1, 0.15) is 16.5 Å². The summed E-state index contributed by atoms with van der Waals surface area (Å²) < 4.78 is 42.4. The Morgan fingerprint density at radius 2 is 1.85 bits per heavy atom. The average Bonchev–Trinajstić information content (AvgIpc) is 2.34. The Labute approximate surface area is 122 Å². The summed E-state index contributed by atoms with van der Waals surface area (Å²) in [5.74, 6) is -0.383. The lowest BCUT2D eigenvalue weighted by Crippen LogP contribution is -2.11. The third kappa shape index (κ3) is 2.94. The van der Waals surface area contributed by atoms with Crippen molar-refractivity contribution in [3.63, 3.8) is 0 Å². The number of rotatable bonds is 3. The van der Waals surface area contributed by atoms with Gasteiger partial charge in [-0.1, -0.05) is 23.7 Å². The summed E-state index contributed by atoms with van der Waals surface area (Å²) in [5, 5.41) is -0.213. The van der Waals surface area contributed by atoms with Crippen molar-refractivity contribution in [2.45, 2.75) is 18.7 Å². The highest BCUT2D eigenvalue weighted by Crippen LogP contribution is 2.28. The van der Waals surface area contributed by atoms with E-state index in [1.54, 1.807) is 19.1 Å². The van der Waals surface area contributed by atoms with Gasteiger partial charge < -0.3 is 4.18 Å². The summed E-state index contributed by atoms with van der Waals surface area (Å²) in [7, 11) is -4.10. The van der Waals surface area contributed by atoms with Gasteiger partial charge >= 0.3 is 10.1 Å². The van der Waals surface area contributed by atoms with Gasteiger partial charge in [0.05, 0.1) is 5.02 Å². The zero-order valence-electron chi connectivity index (χ0n) is 10.9. The van der Waals surface area contributed by atoms with Crippen LogP contribution in [0.1, 0.15) is 11.1 Å². The van der Waals surface area contributed by atoms with Crippen LogP contribution in [-0.4, -0.2) is 8.42 Å². The topological polar surface area (TPSA) is 43.4 Å². The second-order valence-corrected chi connectivity index (χ2v) is 6.23. The summed E-state index contributed by atoms with van der Waals surface area (Å²) in [6.07, 6.45) is 0. The molecular formula is C14H12ClFO3S. The molecule has 0 saturated carbocycles. The number of aryl methyl sites for hydroxylation is 1. The van der Waals surface area contributed by atoms with Gasteiger partial charge in [-0.15, -0.1) is 0 Å². The number of hydrogen-bond donors (Lipinski definition) is 0. The first-order chi connectivity index (χ1) is 9.31. The van der Waals surface area contributed by atoms with Crippen LogP contribution in [0.4, 0.5) is 4.39 Å². The second kappa shape index (κ2) is 5.42. The molecule has 0 atom stereocenters. The summed E-state index contributed by atoms with van der Waals surface area (Å²) in [5.41, 5.74) is 1.62. The van der Waals surface area contributed by atoms with E-state index in [-0.39, 0.29) is 15.7 Å². The SMILES string of the molecule is Cc1cccc(OS(=O)(=O)c2ccc(F)cc2Cl)c1C.